The van der Waals surface area contributed by atoms with Gasteiger partial charge in [-0.25, -0.2) is 4.39 Å². The van der Waals surface area contributed by atoms with E-state index >= 15 is 0 Å². The third kappa shape index (κ3) is 3.07. The lowest BCUT2D eigenvalue weighted by atomic mass is 10.2. The van der Waals surface area contributed by atoms with Gasteiger partial charge in [0.25, 0.3) is 0 Å². The van der Waals surface area contributed by atoms with Crippen LogP contribution in [0.4, 0.5) is 15.8 Å². The SMILES string of the molecule is COCC(=O)Nc1cc(N)c(Cl)cc1F. The second-order valence-electron chi connectivity index (χ2n) is 2.83. The molecule has 0 saturated carbocycles. The molecule has 0 fully saturated rings. The zero-order valence-corrected chi connectivity index (χ0v) is 8.77. The lowest BCUT2D eigenvalue weighted by Crippen LogP contribution is -2.18. The summed E-state index contributed by atoms with van der Waals surface area (Å²) in [7, 11) is 1.37. The molecule has 0 unspecified atom stereocenters. The predicted molar refractivity (Wildman–Crippen MR) is 56.3 cm³/mol. The van der Waals surface area contributed by atoms with Crippen LogP contribution in [0, 0.1) is 5.82 Å². The minimum absolute atomic E-state index is 0.0149. The number of rotatable bonds is 3. The Morgan fingerprint density at radius 3 is 2.93 bits per heavy atom. The largest absolute Gasteiger partial charge is 0.397 e. The van der Waals surface area contributed by atoms with Crippen molar-refractivity contribution >= 4 is 28.9 Å². The molecule has 6 heteroatoms. The number of nitrogen functional groups attached to an aromatic ring is 1. The van der Waals surface area contributed by atoms with E-state index in [-0.39, 0.29) is 23.0 Å². The Morgan fingerprint density at radius 1 is 1.67 bits per heavy atom. The summed E-state index contributed by atoms with van der Waals surface area (Å²) >= 11 is 5.58. The average molecular weight is 233 g/mol. The van der Waals surface area contributed by atoms with Crippen LogP contribution in [-0.2, 0) is 9.53 Å². The maximum atomic E-state index is 13.2. The topological polar surface area (TPSA) is 64.3 Å². The Labute approximate surface area is 91.2 Å². The van der Waals surface area contributed by atoms with Gasteiger partial charge in [0.2, 0.25) is 5.91 Å². The van der Waals surface area contributed by atoms with E-state index in [9.17, 15) is 9.18 Å². The second kappa shape index (κ2) is 4.95. The van der Waals surface area contributed by atoms with Crippen LogP contribution in [0.3, 0.4) is 0 Å². The Kier molecular flexibility index (Phi) is 3.88. The number of carbonyl (C=O) groups excluding carboxylic acids is 1. The molecule has 15 heavy (non-hydrogen) atoms. The van der Waals surface area contributed by atoms with Gasteiger partial charge in [-0.1, -0.05) is 11.6 Å². The summed E-state index contributed by atoms with van der Waals surface area (Å²) in [5.41, 5.74) is 5.64. The third-order valence-corrected chi connectivity index (χ3v) is 1.96. The first-order valence-electron chi connectivity index (χ1n) is 4.08. The van der Waals surface area contributed by atoms with Gasteiger partial charge in [-0.15, -0.1) is 0 Å². The Hall–Kier alpha value is -1.33. The summed E-state index contributed by atoms with van der Waals surface area (Å²) in [6, 6.07) is 2.30. The van der Waals surface area contributed by atoms with Crippen molar-refractivity contribution in [2.45, 2.75) is 0 Å². The zero-order valence-electron chi connectivity index (χ0n) is 8.01. The van der Waals surface area contributed by atoms with E-state index < -0.39 is 11.7 Å². The lowest BCUT2D eigenvalue weighted by Gasteiger charge is -2.07. The van der Waals surface area contributed by atoms with Crippen LogP contribution >= 0.6 is 11.6 Å². The molecule has 0 aliphatic heterocycles. The van der Waals surface area contributed by atoms with Crippen LogP contribution < -0.4 is 11.1 Å². The summed E-state index contributed by atoms with van der Waals surface area (Å²) in [4.78, 5) is 11.1. The van der Waals surface area contributed by atoms with Crippen molar-refractivity contribution in [2.24, 2.45) is 0 Å². The Morgan fingerprint density at radius 2 is 2.33 bits per heavy atom. The van der Waals surface area contributed by atoms with Crippen molar-refractivity contribution in [2.75, 3.05) is 24.8 Å². The molecule has 82 valence electrons. The molecular formula is C9H10ClFN2O2. The van der Waals surface area contributed by atoms with E-state index in [2.05, 4.69) is 10.1 Å². The second-order valence-corrected chi connectivity index (χ2v) is 3.24. The molecular weight excluding hydrogens is 223 g/mol. The van der Waals surface area contributed by atoms with Gasteiger partial charge in [0.05, 0.1) is 16.4 Å². The van der Waals surface area contributed by atoms with Gasteiger partial charge < -0.3 is 15.8 Å². The van der Waals surface area contributed by atoms with E-state index in [1.165, 1.54) is 13.2 Å². The molecule has 0 aliphatic rings. The zero-order chi connectivity index (χ0) is 11.4. The van der Waals surface area contributed by atoms with Crippen LogP contribution in [0.5, 0.6) is 0 Å². The number of nitrogens with two attached hydrogens (primary N) is 1. The van der Waals surface area contributed by atoms with Crippen molar-refractivity contribution in [1.82, 2.24) is 0 Å². The number of halogens is 2. The van der Waals surface area contributed by atoms with E-state index in [1.54, 1.807) is 0 Å². The van der Waals surface area contributed by atoms with Gasteiger partial charge in [-0.2, -0.15) is 0 Å². The van der Waals surface area contributed by atoms with E-state index in [0.29, 0.717) is 0 Å². The molecule has 0 atom stereocenters. The summed E-state index contributed by atoms with van der Waals surface area (Å²) in [6.45, 7) is -0.151. The standard InChI is InChI=1S/C9H10ClFN2O2/c1-15-4-9(14)13-8-3-7(12)5(10)2-6(8)11/h2-3H,4,12H2,1H3,(H,13,14). The number of hydrogen-bond donors (Lipinski definition) is 2. The number of hydrogen-bond acceptors (Lipinski definition) is 3. The molecule has 0 aliphatic carbocycles. The molecule has 0 bridgehead atoms. The number of methoxy groups -OCH3 is 1. The molecule has 0 saturated heterocycles. The van der Waals surface area contributed by atoms with Crippen molar-refractivity contribution in [3.05, 3.63) is 23.0 Å². The summed E-state index contributed by atoms with van der Waals surface area (Å²) in [5.74, 6) is -1.10. The Balaban J connectivity index is 2.86. The fraction of sp³-hybridized carbons (Fsp3) is 0.222. The number of ether oxygens (including phenoxy) is 1. The minimum Gasteiger partial charge on any atom is -0.397 e. The molecule has 1 rings (SSSR count). The van der Waals surface area contributed by atoms with Crippen molar-refractivity contribution < 1.29 is 13.9 Å². The third-order valence-electron chi connectivity index (χ3n) is 1.64. The number of nitrogens with one attached hydrogen (secondary N) is 1. The first-order valence-corrected chi connectivity index (χ1v) is 4.45. The van der Waals surface area contributed by atoms with Gasteiger partial charge >= 0.3 is 0 Å². The van der Waals surface area contributed by atoms with Crippen LogP contribution in [0.2, 0.25) is 5.02 Å². The van der Waals surface area contributed by atoms with Gasteiger partial charge in [0.1, 0.15) is 12.4 Å². The van der Waals surface area contributed by atoms with E-state index in [1.807, 2.05) is 0 Å². The first-order chi connectivity index (χ1) is 7.04. The predicted octanol–water partition coefficient (Wildman–Crippen LogP) is 1.65. The summed E-state index contributed by atoms with van der Waals surface area (Å²) in [5, 5.41) is 2.41. The maximum Gasteiger partial charge on any atom is 0.250 e. The molecule has 0 spiro atoms. The first kappa shape index (κ1) is 11.7. The van der Waals surface area contributed by atoms with Crippen LogP contribution in [0.15, 0.2) is 12.1 Å². The van der Waals surface area contributed by atoms with Crippen molar-refractivity contribution in [3.8, 4) is 0 Å². The molecule has 0 radical (unpaired) electrons. The van der Waals surface area contributed by atoms with Crippen LogP contribution in [-0.4, -0.2) is 19.6 Å². The molecule has 3 N–H and O–H groups in total. The number of benzene rings is 1. The van der Waals surface area contributed by atoms with Gasteiger partial charge in [-0.3, -0.25) is 4.79 Å². The quantitative estimate of drug-likeness (QED) is 0.779. The molecule has 1 aromatic carbocycles. The molecule has 4 nitrogen and oxygen atoms in total. The number of carbonyl (C=O) groups is 1. The van der Waals surface area contributed by atoms with Crippen molar-refractivity contribution in [1.29, 1.82) is 0 Å². The number of amides is 1. The van der Waals surface area contributed by atoms with E-state index in [0.717, 1.165) is 6.07 Å². The highest BCUT2D eigenvalue weighted by Gasteiger charge is 2.09. The van der Waals surface area contributed by atoms with Crippen LogP contribution in [0.1, 0.15) is 0 Å². The molecule has 0 heterocycles. The minimum atomic E-state index is -0.640. The molecule has 1 amide bonds. The van der Waals surface area contributed by atoms with E-state index in [4.69, 9.17) is 17.3 Å². The molecule has 0 aromatic heterocycles. The highest BCUT2D eigenvalue weighted by atomic mass is 35.5. The van der Waals surface area contributed by atoms with Crippen LogP contribution in [0.25, 0.3) is 0 Å². The fourth-order valence-electron chi connectivity index (χ4n) is 0.979. The Bertz CT molecular complexity index is 385. The van der Waals surface area contributed by atoms with Crippen molar-refractivity contribution in [3.63, 3.8) is 0 Å². The van der Waals surface area contributed by atoms with Gasteiger partial charge in [0.15, 0.2) is 0 Å². The molecule has 1 aromatic rings. The summed E-state index contributed by atoms with van der Waals surface area (Å²) in [6.07, 6.45) is 0. The van der Waals surface area contributed by atoms with Gasteiger partial charge in [-0.05, 0) is 12.1 Å². The fourth-order valence-corrected chi connectivity index (χ4v) is 1.13. The number of anilines is 2. The normalized spacial score (nSPS) is 10.1. The smallest absolute Gasteiger partial charge is 0.250 e. The highest BCUT2D eigenvalue weighted by molar-refractivity contribution is 6.33. The summed E-state index contributed by atoms with van der Waals surface area (Å²) < 4.78 is 17.8. The lowest BCUT2D eigenvalue weighted by molar-refractivity contribution is -0.119. The highest BCUT2D eigenvalue weighted by Crippen LogP contribution is 2.25. The van der Waals surface area contributed by atoms with Gasteiger partial charge in [0, 0.05) is 7.11 Å². The average Bonchev–Trinajstić information content (AvgIpc) is 2.14. The maximum absolute atomic E-state index is 13.2. The monoisotopic (exact) mass is 232 g/mol.